The number of rotatable bonds is 6. The van der Waals surface area contributed by atoms with E-state index in [1.54, 1.807) is 11.3 Å². The molecule has 0 atom stereocenters. The Hall–Kier alpha value is -3.19. The van der Waals surface area contributed by atoms with E-state index < -0.39 is 0 Å². The van der Waals surface area contributed by atoms with Crippen LogP contribution in [0.3, 0.4) is 0 Å². The molecule has 2 heterocycles. The zero-order valence-electron chi connectivity index (χ0n) is 19.0. The molecule has 33 heavy (non-hydrogen) atoms. The summed E-state index contributed by atoms with van der Waals surface area (Å²) in [7, 11) is 4.02. The van der Waals surface area contributed by atoms with E-state index in [9.17, 15) is 4.79 Å². The molecule has 0 aliphatic heterocycles. The maximum atomic E-state index is 12.6. The van der Waals surface area contributed by atoms with Gasteiger partial charge in [-0.2, -0.15) is 4.98 Å². The van der Waals surface area contributed by atoms with Crippen molar-refractivity contribution in [1.29, 1.82) is 0 Å². The highest BCUT2D eigenvalue weighted by Crippen LogP contribution is 2.29. The second kappa shape index (κ2) is 9.35. The van der Waals surface area contributed by atoms with Crippen molar-refractivity contribution >= 4 is 50.0 Å². The van der Waals surface area contributed by atoms with Crippen LogP contribution in [0.5, 0.6) is 0 Å². The van der Waals surface area contributed by atoms with E-state index in [0.29, 0.717) is 17.9 Å². The van der Waals surface area contributed by atoms with Gasteiger partial charge in [-0.25, -0.2) is 4.98 Å². The van der Waals surface area contributed by atoms with E-state index in [-0.39, 0.29) is 5.91 Å². The summed E-state index contributed by atoms with van der Waals surface area (Å²) in [4.78, 5) is 25.0. The standard InChI is InChI=1S/C26H29N5OS/c1-31(2)24-20-8-4-5-9-21(20)29-26(30-24)28-19-13-11-17(12-14-19)16-27-25(32)23-15-18-7-3-6-10-22(18)33-23/h3-10,15,17,19H,11-14,16H2,1-2H3,(H,27,32)(H,28,29,30). The highest BCUT2D eigenvalue weighted by atomic mass is 32.1. The number of para-hydroxylation sites is 1. The van der Waals surface area contributed by atoms with Crippen LogP contribution in [0.1, 0.15) is 35.4 Å². The first-order valence-corrected chi connectivity index (χ1v) is 12.4. The van der Waals surface area contributed by atoms with Crippen LogP contribution in [-0.4, -0.2) is 42.6 Å². The minimum atomic E-state index is 0.0391. The summed E-state index contributed by atoms with van der Waals surface area (Å²) in [6.07, 6.45) is 4.27. The summed E-state index contributed by atoms with van der Waals surface area (Å²) in [5.41, 5.74) is 0.955. The molecule has 0 radical (unpaired) electrons. The van der Waals surface area contributed by atoms with E-state index in [4.69, 9.17) is 9.97 Å². The normalized spacial score (nSPS) is 18.4. The molecule has 1 aliphatic carbocycles. The zero-order valence-corrected chi connectivity index (χ0v) is 19.9. The molecule has 1 fully saturated rings. The number of benzene rings is 2. The third-order valence-corrected chi connectivity index (χ3v) is 7.50. The lowest BCUT2D eigenvalue weighted by molar-refractivity contribution is 0.0947. The van der Waals surface area contributed by atoms with Crippen LogP contribution < -0.4 is 15.5 Å². The third-order valence-electron chi connectivity index (χ3n) is 6.39. The average Bonchev–Trinajstić information content (AvgIpc) is 3.27. The molecule has 0 unspecified atom stereocenters. The number of thiophene rings is 1. The Bertz CT molecular complexity index is 1240. The lowest BCUT2D eigenvalue weighted by Crippen LogP contribution is -2.34. The topological polar surface area (TPSA) is 70.2 Å². The highest BCUT2D eigenvalue weighted by molar-refractivity contribution is 7.20. The van der Waals surface area contributed by atoms with Crippen LogP contribution in [0.4, 0.5) is 11.8 Å². The Morgan fingerprint density at radius 3 is 2.58 bits per heavy atom. The molecule has 0 saturated heterocycles. The van der Waals surface area contributed by atoms with Crippen molar-refractivity contribution in [2.45, 2.75) is 31.7 Å². The molecule has 6 nitrogen and oxygen atoms in total. The molecule has 1 amide bonds. The molecule has 0 spiro atoms. The molecule has 0 bridgehead atoms. The Morgan fingerprint density at radius 2 is 1.79 bits per heavy atom. The maximum absolute atomic E-state index is 12.6. The van der Waals surface area contributed by atoms with Crippen LogP contribution in [0.15, 0.2) is 54.6 Å². The summed E-state index contributed by atoms with van der Waals surface area (Å²) in [6, 6.07) is 18.6. The van der Waals surface area contributed by atoms with Gasteiger partial charge in [0.25, 0.3) is 5.91 Å². The fraction of sp³-hybridized carbons (Fsp3) is 0.346. The van der Waals surface area contributed by atoms with Crippen molar-refractivity contribution in [3.8, 4) is 0 Å². The molecule has 2 N–H and O–H groups in total. The van der Waals surface area contributed by atoms with E-state index in [0.717, 1.165) is 63.9 Å². The Kier molecular flexibility index (Phi) is 6.13. The fourth-order valence-electron chi connectivity index (χ4n) is 4.58. The van der Waals surface area contributed by atoms with E-state index in [1.807, 2.05) is 55.4 Å². The van der Waals surface area contributed by atoms with Gasteiger partial charge in [0, 0.05) is 36.8 Å². The number of hydrogen-bond acceptors (Lipinski definition) is 6. The van der Waals surface area contributed by atoms with E-state index in [2.05, 4.69) is 28.8 Å². The predicted molar refractivity (Wildman–Crippen MR) is 137 cm³/mol. The van der Waals surface area contributed by atoms with E-state index >= 15 is 0 Å². The SMILES string of the molecule is CN(C)c1nc(NC2CCC(CNC(=O)c3cc4ccccc4s3)CC2)nc2ccccc12. The summed E-state index contributed by atoms with van der Waals surface area (Å²) >= 11 is 1.56. The first kappa shape index (κ1) is 21.6. The molecule has 5 rings (SSSR count). The number of carbonyl (C=O) groups excluding carboxylic acids is 1. The number of nitrogens with zero attached hydrogens (tertiary/aromatic N) is 3. The molecule has 2 aromatic heterocycles. The smallest absolute Gasteiger partial charge is 0.261 e. The Morgan fingerprint density at radius 1 is 1.03 bits per heavy atom. The van der Waals surface area contributed by atoms with Gasteiger partial charge in [0.1, 0.15) is 5.82 Å². The summed E-state index contributed by atoms with van der Waals surface area (Å²) in [5.74, 6) is 2.17. The number of carbonyl (C=O) groups is 1. The molecule has 1 saturated carbocycles. The van der Waals surface area contributed by atoms with Crippen molar-refractivity contribution in [3.63, 3.8) is 0 Å². The van der Waals surface area contributed by atoms with Crippen molar-refractivity contribution in [3.05, 3.63) is 59.5 Å². The Balaban J connectivity index is 1.16. The first-order chi connectivity index (χ1) is 16.1. The van der Waals surface area contributed by atoms with Crippen LogP contribution in [0.2, 0.25) is 0 Å². The first-order valence-electron chi connectivity index (χ1n) is 11.5. The number of nitrogens with one attached hydrogen (secondary N) is 2. The number of amides is 1. The summed E-state index contributed by atoms with van der Waals surface area (Å²) in [6.45, 7) is 0.733. The molecule has 1 aliphatic rings. The van der Waals surface area contributed by atoms with Gasteiger partial charge in [0.15, 0.2) is 0 Å². The largest absolute Gasteiger partial charge is 0.362 e. The predicted octanol–water partition coefficient (Wildman–Crippen LogP) is 5.31. The number of hydrogen-bond donors (Lipinski definition) is 2. The maximum Gasteiger partial charge on any atom is 0.261 e. The molecule has 170 valence electrons. The van der Waals surface area contributed by atoms with Crippen LogP contribution in [0.25, 0.3) is 21.0 Å². The van der Waals surface area contributed by atoms with Gasteiger partial charge in [0.2, 0.25) is 5.95 Å². The molecular formula is C26H29N5OS. The summed E-state index contributed by atoms with van der Waals surface area (Å²) in [5, 5.41) is 8.91. The van der Waals surface area contributed by atoms with Crippen molar-refractivity contribution in [2.24, 2.45) is 5.92 Å². The number of anilines is 2. The summed E-state index contributed by atoms with van der Waals surface area (Å²) < 4.78 is 1.16. The minimum Gasteiger partial charge on any atom is -0.362 e. The Labute approximate surface area is 198 Å². The minimum absolute atomic E-state index is 0.0391. The number of fused-ring (bicyclic) bond motifs is 2. The average molecular weight is 460 g/mol. The second-order valence-electron chi connectivity index (χ2n) is 9.00. The zero-order chi connectivity index (χ0) is 22.8. The highest BCUT2D eigenvalue weighted by Gasteiger charge is 2.23. The van der Waals surface area contributed by atoms with Gasteiger partial charge >= 0.3 is 0 Å². The third kappa shape index (κ3) is 4.78. The van der Waals surface area contributed by atoms with Crippen molar-refractivity contribution < 1.29 is 4.79 Å². The van der Waals surface area contributed by atoms with Gasteiger partial charge in [-0.15, -0.1) is 11.3 Å². The molecule has 4 aromatic rings. The van der Waals surface area contributed by atoms with Gasteiger partial charge in [-0.3, -0.25) is 4.79 Å². The van der Waals surface area contributed by atoms with Crippen molar-refractivity contribution in [1.82, 2.24) is 15.3 Å². The fourth-order valence-corrected chi connectivity index (χ4v) is 5.56. The van der Waals surface area contributed by atoms with Gasteiger partial charge < -0.3 is 15.5 Å². The number of aromatic nitrogens is 2. The quantitative estimate of drug-likeness (QED) is 0.409. The second-order valence-corrected chi connectivity index (χ2v) is 10.1. The lowest BCUT2D eigenvalue weighted by Gasteiger charge is -2.29. The van der Waals surface area contributed by atoms with E-state index in [1.165, 1.54) is 0 Å². The monoisotopic (exact) mass is 459 g/mol. The molecule has 2 aromatic carbocycles. The van der Waals surface area contributed by atoms with Gasteiger partial charge in [0.05, 0.1) is 10.4 Å². The van der Waals surface area contributed by atoms with Crippen LogP contribution >= 0.6 is 11.3 Å². The van der Waals surface area contributed by atoms with Gasteiger partial charge in [-0.05, 0) is 61.3 Å². The molecule has 7 heteroatoms. The lowest BCUT2D eigenvalue weighted by atomic mass is 9.86. The van der Waals surface area contributed by atoms with Crippen molar-refractivity contribution in [2.75, 3.05) is 30.9 Å². The van der Waals surface area contributed by atoms with Crippen LogP contribution in [0, 0.1) is 5.92 Å². The van der Waals surface area contributed by atoms with Crippen LogP contribution in [-0.2, 0) is 0 Å². The molecular weight excluding hydrogens is 430 g/mol. The van der Waals surface area contributed by atoms with Gasteiger partial charge in [-0.1, -0.05) is 30.3 Å².